The molecule has 5 fully saturated rings. The molecule has 5 rings (SSSR count). The quantitative estimate of drug-likeness (QED) is 0.570. The van der Waals surface area contributed by atoms with E-state index in [9.17, 15) is 0 Å². The molecule has 1 aliphatic carbocycles. The topological polar surface area (TPSA) is 36.9 Å². The van der Waals surface area contributed by atoms with Gasteiger partial charge in [-0.05, 0) is 12.3 Å². The van der Waals surface area contributed by atoms with Crippen LogP contribution in [0.1, 0.15) is 12.8 Å². The van der Waals surface area contributed by atoms with Crippen molar-refractivity contribution in [3.05, 3.63) is 0 Å². The number of hydrogen-bond donors (Lipinski definition) is 0. The summed E-state index contributed by atoms with van der Waals surface area (Å²) in [5, 5.41) is 0. The van der Waals surface area contributed by atoms with Crippen molar-refractivity contribution in [3.63, 3.8) is 0 Å². The summed E-state index contributed by atoms with van der Waals surface area (Å²) in [4.78, 5) is 0. The molecule has 0 radical (unpaired) electrons. The van der Waals surface area contributed by atoms with E-state index in [1.54, 1.807) is 0 Å². The molecule has 0 aromatic heterocycles. The molecule has 76 valence electrons. The van der Waals surface area contributed by atoms with Gasteiger partial charge >= 0.3 is 0 Å². The van der Waals surface area contributed by atoms with Crippen molar-refractivity contribution in [1.82, 2.24) is 0 Å². The highest BCUT2D eigenvalue weighted by Gasteiger charge is 2.67. The van der Waals surface area contributed by atoms with E-state index in [4.69, 9.17) is 18.9 Å². The predicted octanol–water partition coefficient (Wildman–Crippen LogP) is 0.670. The molecule has 0 unspecified atom stereocenters. The number of ether oxygens (including phenoxy) is 4. The Balaban J connectivity index is 1.74. The lowest BCUT2D eigenvalue weighted by Gasteiger charge is -2.47. The second kappa shape index (κ2) is 2.02. The lowest BCUT2D eigenvalue weighted by molar-refractivity contribution is -0.421. The van der Waals surface area contributed by atoms with Gasteiger partial charge in [0.15, 0.2) is 25.2 Å². The molecule has 8 atom stereocenters. The summed E-state index contributed by atoms with van der Waals surface area (Å²) in [5.41, 5.74) is 0. The first kappa shape index (κ1) is 7.17. The van der Waals surface area contributed by atoms with Crippen LogP contribution in [-0.2, 0) is 18.9 Å². The van der Waals surface area contributed by atoms with Crippen LogP contribution in [0.25, 0.3) is 0 Å². The average Bonchev–Trinajstić information content (AvgIpc) is 2.69. The number of fused-ring (bicyclic) bond motifs is 1. The molecule has 0 N–H and O–H groups in total. The lowest BCUT2D eigenvalue weighted by Crippen LogP contribution is -2.52. The molecule has 4 heteroatoms. The second-order valence-electron chi connectivity index (χ2n) is 5.12. The van der Waals surface area contributed by atoms with Gasteiger partial charge in [-0.1, -0.05) is 0 Å². The Morgan fingerprint density at radius 3 is 2.43 bits per heavy atom. The Labute approximate surface area is 81.4 Å². The van der Waals surface area contributed by atoms with Gasteiger partial charge in [0.25, 0.3) is 0 Å². The SMILES string of the molecule is C1[C@H]2O[C@@H]3O[C@@H]4O[C@H](O2)[C@H]2[C@H]1[C@H]3C[C@@H]42. The minimum absolute atomic E-state index is 0.0417. The van der Waals surface area contributed by atoms with Crippen LogP contribution < -0.4 is 0 Å². The van der Waals surface area contributed by atoms with E-state index in [0.29, 0.717) is 17.8 Å². The smallest absolute Gasteiger partial charge is 0.167 e. The van der Waals surface area contributed by atoms with Crippen molar-refractivity contribution in [3.8, 4) is 0 Å². The molecule has 4 saturated heterocycles. The molecule has 0 amide bonds. The average molecular weight is 196 g/mol. The molecular formula is C10H12O4. The minimum Gasteiger partial charge on any atom is -0.323 e. The highest BCUT2D eigenvalue weighted by Crippen LogP contribution is 2.62. The Kier molecular flexibility index (Phi) is 1.04. The normalized spacial score (nSPS) is 72.0. The maximum atomic E-state index is 5.81. The van der Waals surface area contributed by atoms with Crippen molar-refractivity contribution in [2.24, 2.45) is 23.7 Å². The van der Waals surface area contributed by atoms with E-state index in [2.05, 4.69) is 0 Å². The predicted molar refractivity (Wildman–Crippen MR) is 42.7 cm³/mol. The van der Waals surface area contributed by atoms with Crippen LogP contribution in [0.3, 0.4) is 0 Å². The third-order valence-electron chi connectivity index (χ3n) is 4.67. The van der Waals surface area contributed by atoms with Gasteiger partial charge in [-0.25, -0.2) is 0 Å². The largest absolute Gasteiger partial charge is 0.323 e. The molecule has 4 bridgehead atoms. The molecule has 0 aromatic rings. The third-order valence-corrected chi connectivity index (χ3v) is 4.67. The highest BCUT2D eigenvalue weighted by atomic mass is 16.9. The first-order valence-electron chi connectivity index (χ1n) is 5.52. The zero-order valence-corrected chi connectivity index (χ0v) is 7.67. The van der Waals surface area contributed by atoms with Crippen LogP contribution >= 0.6 is 0 Å². The molecule has 1 saturated carbocycles. The summed E-state index contributed by atoms with van der Waals surface area (Å²) < 4.78 is 23.1. The van der Waals surface area contributed by atoms with E-state index >= 15 is 0 Å². The minimum atomic E-state index is -0.0692. The van der Waals surface area contributed by atoms with E-state index in [1.807, 2.05) is 0 Å². The summed E-state index contributed by atoms with van der Waals surface area (Å²) in [6, 6.07) is 0. The van der Waals surface area contributed by atoms with Crippen LogP contribution in [0.4, 0.5) is 0 Å². The molecule has 4 aliphatic heterocycles. The zero-order valence-electron chi connectivity index (χ0n) is 7.67. The van der Waals surface area contributed by atoms with Crippen molar-refractivity contribution in [2.75, 3.05) is 0 Å². The molecule has 14 heavy (non-hydrogen) atoms. The standard InChI is InChI=1S/C10H12O4/c1-4-3-2-6-11-8(4)13-9-5(1)7(3)10(12-6)14-9/h3-10H,1-2H2/t3-,4-,5-,6+,7+,8-,9-,10+/m1/s1. The zero-order chi connectivity index (χ0) is 8.86. The molecule has 4 heterocycles. The van der Waals surface area contributed by atoms with Crippen molar-refractivity contribution in [2.45, 2.75) is 38.0 Å². The number of hydrogen-bond acceptors (Lipinski definition) is 4. The van der Waals surface area contributed by atoms with Gasteiger partial charge < -0.3 is 18.9 Å². The summed E-state index contributed by atoms with van der Waals surface area (Å²) in [6.45, 7) is 0. The number of rotatable bonds is 0. The fourth-order valence-electron chi connectivity index (χ4n) is 4.20. The molecule has 5 aliphatic rings. The first-order valence-corrected chi connectivity index (χ1v) is 5.52. The summed E-state index contributed by atoms with van der Waals surface area (Å²) in [6.07, 6.45) is 2.07. The Morgan fingerprint density at radius 1 is 0.643 bits per heavy atom. The van der Waals surface area contributed by atoms with Crippen LogP contribution in [0.15, 0.2) is 0 Å². The van der Waals surface area contributed by atoms with Gasteiger partial charge in [0.2, 0.25) is 0 Å². The second-order valence-corrected chi connectivity index (χ2v) is 5.12. The van der Waals surface area contributed by atoms with Crippen molar-refractivity contribution in [1.29, 1.82) is 0 Å². The van der Waals surface area contributed by atoms with E-state index in [-0.39, 0.29) is 25.2 Å². The lowest BCUT2D eigenvalue weighted by atomic mass is 9.82. The summed E-state index contributed by atoms with van der Waals surface area (Å²) >= 11 is 0. The molecular weight excluding hydrogens is 184 g/mol. The van der Waals surface area contributed by atoms with Gasteiger partial charge in [0, 0.05) is 24.2 Å². The summed E-state index contributed by atoms with van der Waals surface area (Å²) in [5.74, 6) is 2.52. The highest BCUT2D eigenvalue weighted by molar-refractivity contribution is 5.05. The maximum Gasteiger partial charge on any atom is 0.167 e. The van der Waals surface area contributed by atoms with Crippen LogP contribution in [0, 0.1) is 23.7 Å². The summed E-state index contributed by atoms with van der Waals surface area (Å²) in [7, 11) is 0. The third kappa shape index (κ3) is 0.608. The van der Waals surface area contributed by atoms with Crippen LogP contribution in [0.2, 0.25) is 0 Å². The Hall–Kier alpha value is -0.160. The van der Waals surface area contributed by atoms with Crippen LogP contribution in [-0.4, -0.2) is 25.2 Å². The first-order chi connectivity index (χ1) is 6.90. The molecule has 0 aromatic carbocycles. The van der Waals surface area contributed by atoms with Gasteiger partial charge in [0.1, 0.15) is 0 Å². The Morgan fingerprint density at radius 2 is 1.43 bits per heavy atom. The molecule has 4 nitrogen and oxygen atoms in total. The fraction of sp³-hybridized carbons (Fsp3) is 1.00. The fourth-order valence-corrected chi connectivity index (χ4v) is 4.20. The van der Waals surface area contributed by atoms with E-state index in [0.717, 1.165) is 12.3 Å². The van der Waals surface area contributed by atoms with Gasteiger partial charge in [0.05, 0.1) is 0 Å². The molecule has 0 spiro atoms. The van der Waals surface area contributed by atoms with E-state index < -0.39 is 0 Å². The van der Waals surface area contributed by atoms with Crippen molar-refractivity contribution >= 4 is 0 Å². The Bertz CT molecular complexity index is 298. The van der Waals surface area contributed by atoms with Gasteiger partial charge in [-0.3, -0.25) is 0 Å². The van der Waals surface area contributed by atoms with E-state index in [1.165, 1.54) is 6.42 Å². The van der Waals surface area contributed by atoms with Crippen LogP contribution in [0.5, 0.6) is 0 Å². The van der Waals surface area contributed by atoms with Gasteiger partial charge in [-0.2, -0.15) is 0 Å². The van der Waals surface area contributed by atoms with Crippen molar-refractivity contribution < 1.29 is 18.9 Å². The van der Waals surface area contributed by atoms with Gasteiger partial charge in [-0.15, -0.1) is 0 Å². The monoisotopic (exact) mass is 196 g/mol. The maximum absolute atomic E-state index is 5.81.